The van der Waals surface area contributed by atoms with Crippen LogP contribution in [0, 0.1) is 0 Å². The van der Waals surface area contributed by atoms with Gasteiger partial charge in [-0.15, -0.1) is 0 Å². The van der Waals surface area contributed by atoms with Gasteiger partial charge < -0.3 is 19.4 Å². The Morgan fingerprint density at radius 2 is 1.97 bits per heavy atom. The zero-order valence-electron chi connectivity index (χ0n) is 18.6. The summed E-state index contributed by atoms with van der Waals surface area (Å²) in [5, 5.41) is 5.42. The number of aromatic nitrogens is 3. The predicted octanol–water partition coefficient (Wildman–Crippen LogP) is 1.91. The molecule has 1 amide bonds. The molecule has 2 saturated heterocycles. The summed E-state index contributed by atoms with van der Waals surface area (Å²) in [6.07, 6.45) is -0.489. The highest BCUT2D eigenvalue weighted by molar-refractivity contribution is 5.76. The zero-order valence-corrected chi connectivity index (χ0v) is 18.6. The van der Waals surface area contributed by atoms with Crippen LogP contribution < -0.4 is 15.4 Å². The van der Waals surface area contributed by atoms with E-state index >= 15 is 0 Å². The largest absolute Gasteiger partial charge is 0.423 e. The molecule has 2 aliphatic rings. The molecule has 0 aliphatic carbocycles. The van der Waals surface area contributed by atoms with Crippen molar-refractivity contribution in [2.45, 2.75) is 31.5 Å². The fourth-order valence-corrected chi connectivity index (χ4v) is 4.47. The van der Waals surface area contributed by atoms with Crippen molar-refractivity contribution in [2.24, 2.45) is 0 Å². The number of nitrogens with zero attached hydrogens (tertiary/aromatic N) is 5. The molecule has 0 radical (unpaired) electrons. The first-order chi connectivity index (χ1) is 16.3. The van der Waals surface area contributed by atoms with Crippen molar-refractivity contribution in [1.29, 1.82) is 0 Å². The molecule has 2 aromatic heterocycles. The first kappa shape index (κ1) is 24.0. The third-order valence-electron chi connectivity index (χ3n) is 6.18. The van der Waals surface area contributed by atoms with E-state index in [1.165, 1.54) is 4.90 Å². The van der Waals surface area contributed by atoms with Crippen LogP contribution in [0.2, 0.25) is 0 Å². The average molecular weight is 480 g/mol. The summed E-state index contributed by atoms with van der Waals surface area (Å²) in [7, 11) is 0. The Balaban J connectivity index is 1.25. The van der Waals surface area contributed by atoms with Crippen LogP contribution in [0.3, 0.4) is 0 Å². The van der Waals surface area contributed by atoms with Crippen molar-refractivity contribution in [3.63, 3.8) is 0 Å². The minimum absolute atomic E-state index is 0.0119. The molecule has 4 rings (SSSR count). The molecule has 1 N–H and O–H groups in total. The van der Waals surface area contributed by atoms with E-state index < -0.39 is 17.3 Å². The standard InChI is InChI=1S/C22H27F3N6O3/c23-22(24,25)20-17(14-27-28-21(20)33)31-8-3-4-16(31)15-34-13-6-19(32)30-11-9-29(10-12-30)18-5-1-2-7-26-18/h1-2,5,7,14,16H,3-4,6,8-13,15H2,(H,28,33)/t16-/m0/s1. The number of carbonyl (C=O) groups excluding carboxylic acids is 1. The van der Waals surface area contributed by atoms with E-state index in [9.17, 15) is 22.8 Å². The highest BCUT2D eigenvalue weighted by Crippen LogP contribution is 2.36. The molecule has 0 saturated carbocycles. The number of hydrogen-bond donors (Lipinski definition) is 1. The Morgan fingerprint density at radius 3 is 2.68 bits per heavy atom. The molecule has 2 fully saturated rings. The molecule has 0 bridgehead atoms. The number of carbonyl (C=O) groups is 1. The van der Waals surface area contributed by atoms with E-state index in [1.807, 2.05) is 23.3 Å². The lowest BCUT2D eigenvalue weighted by Crippen LogP contribution is -2.49. The van der Waals surface area contributed by atoms with Gasteiger partial charge in [0, 0.05) is 38.9 Å². The molecule has 2 aliphatic heterocycles. The van der Waals surface area contributed by atoms with E-state index in [0.29, 0.717) is 45.6 Å². The number of piperazine rings is 1. The van der Waals surface area contributed by atoms with Crippen LogP contribution in [0.5, 0.6) is 0 Å². The van der Waals surface area contributed by atoms with E-state index in [2.05, 4.69) is 15.0 Å². The van der Waals surface area contributed by atoms with Gasteiger partial charge in [0.05, 0.1) is 37.6 Å². The summed E-state index contributed by atoms with van der Waals surface area (Å²) in [6, 6.07) is 5.41. The number of anilines is 2. The number of ether oxygens (including phenoxy) is 1. The third-order valence-corrected chi connectivity index (χ3v) is 6.18. The van der Waals surface area contributed by atoms with Gasteiger partial charge in [-0.05, 0) is 25.0 Å². The van der Waals surface area contributed by atoms with Gasteiger partial charge in [-0.1, -0.05) is 6.07 Å². The number of hydrogen-bond acceptors (Lipinski definition) is 7. The predicted molar refractivity (Wildman–Crippen MR) is 119 cm³/mol. The smallest absolute Gasteiger partial charge is 0.379 e. The number of rotatable bonds is 7. The molecule has 4 heterocycles. The molecule has 12 heteroatoms. The lowest BCUT2D eigenvalue weighted by Gasteiger charge is -2.35. The monoisotopic (exact) mass is 480 g/mol. The van der Waals surface area contributed by atoms with Crippen LogP contribution >= 0.6 is 0 Å². The number of amides is 1. The van der Waals surface area contributed by atoms with Crippen molar-refractivity contribution >= 4 is 17.4 Å². The molecular formula is C22H27F3N6O3. The lowest BCUT2D eigenvalue weighted by atomic mass is 10.2. The Hall–Kier alpha value is -3.15. The van der Waals surface area contributed by atoms with Gasteiger partial charge in [-0.2, -0.15) is 18.3 Å². The first-order valence-electron chi connectivity index (χ1n) is 11.3. The molecule has 2 aromatic rings. The summed E-state index contributed by atoms with van der Waals surface area (Å²) >= 11 is 0. The van der Waals surface area contributed by atoms with Crippen LogP contribution in [0.1, 0.15) is 24.8 Å². The molecule has 0 aromatic carbocycles. The van der Waals surface area contributed by atoms with E-state index in [0.717, 1.165) is 12.0 Å². The second kappa shape index (κ2) is 10.4. The van der Waals surface area contributed by atoms with Crippen LogP contribution in [0.4, 0.5) is 24.7 Å². The molecule has 0 spiro atoms. The van der Waals surface area contributed by atoms with Crippen molar-refractivity contribution in [1.82, 2.24) is 20.1 Å². The fourth-order valence-electron chi connectivity index (χ4n) is 4.47. The number of halogens is 3. The van der Waals surface area contributed by atoms with Gasteiger partial charge in [0.1, 0.15) is 11.4 Å². The SMILES string of the molecule is O=C(CCOC[C@@H]1CCCN1c1cn[nH]c(=O)c1C(F)(F)F)N1CCN(c2ccccn2)CC1. The van der Waals surface area contributed by atoms with Crippen molar-refractivity contribution in [2.75, 3.05) is 55.7 Å². The van der Waals surface area contributed by atoms with Gasteiger partial charge >= 0.3 is 6.18 Å². The fraction of sp³-hybridized carbons (Fsp3) is 0.545. The van der Waals surface area contributed by atoms with E-state index in [1.54, 1.807) is 11.1 Å². The lowest BCUT2D eigenvalue weighted by molar-refractivity contribution is -0.138. The number of nitrogens with one attached hydrogen (secondary N) is 1. The summed E-state index contributed by atoms with van der Waals surface area (Å²) in [6.45, 7) is 3.33. The van der Waals surface area contributed by atoms with E-state index in [-0.39, 0.29) is 37.3 Å². The topological polar surface area (TPSA) is 94.7 Å². The second-order valence-corrected chi connectivity index (χ2v) is 8.33. The quantitative estimate of drug-likeness (QED) is 0.605. The van der Waals surface area contributed by atoms with Crippen LogP contribution in [0.25, 0.3) is 0 Å². The summed E-state index contributed by atoms with van der Waals surface area (Å²) in [5.41, 5.74) is -2.73. The Labute approximate surface area is 194 Å². The minimum atomic E-state index is -4.78. The third kappa shape index (κ3) is 5.49. The van der Waals surface area contributed by atoms with Gasteiger partial charge in [0.15, 0.2) is 0 Å². The van der Waals surface area contributed by atoms with Gasteiger partial charge in [0.25, 0.3) is 5.56 Å². The van der Waals surface area contributed by atoms with Crippen molar-refractivity contribution in [3.8, 4) is 0 Å². The summed E-state index contributed by atoms with van der Waals surface area (Å²) < 4.78 is 46.0. The number of alkyl halides is 3. The Bertz CT molecular complexity index is 1020. The average Bonchev–Trinajstić information content (AvgIpc) is 3.30. The maximum absolute atomic E-state index is 13.4. The molecule has 9 nitrogen and oxygen atoms in total. The van der Waals surface area contributed by atoms with Crippen LogP contribution in [-0.4, -0.2) is 78.0 Å². The van der Waals surface area contributed by atoms with Crippen molar-refractivity contribution < 1.29 is 22.7 Å². The summed E-state index contributed by atoms with van der Waals surface area (Å²) in [5.74, 6) is 0.880. The molecule has 1 atom stereocenters. The van der Waals surface area contributed by atoms with Gasteiger partial charge in [-0.25, -0.2) is 10.1 Å². The van der Waals surface area contributed by atoms with Crippen LogP contribution in [0.15, 0.2) is 35.4 Å². The normalized spacial score (nSPS) is 19.0. The highest BCUT2D eigenvalue weighted by atomic mass is 19.4. The molecule has 34 heavy (non-hydrogen) atoms. The highest BCUT2D eigenvalue weighted by Gasteiger charge is 2.40. The maximum Gasteiger partial charge on any atom is 0.423 e. The number of aromatic amines is 1. The second-order valence-electron chi connectivity index (χ2n) is 8.33. The number of H-pyrrole nitrogens is 1. The van der Waals surface area contributed by atoms with Gasteiger partial charge in [-0.3, -0.25) is 9.59 Å². The van der Waals surface area contributed by atoms with Crippen molar-refractivity contribution in [3.05, 3.63) is 46.5 Å². The maximum atomic E-state index is 13.4. The van der Waals surface area contributed by atoms with Gasteiger partial charge in [0.2, 0.25) is 5.91 Å². The van der Waals surface area contributed by atoms with Crippen LogP contribution in [-0.2, 0) is 15.7 Å². The molecular weight excluding hydrogens is 453 g/mol. The Kier molecular flexibility index (Phi) is 7.35. The minimum Gasteiger partial charge on any atom is -0.379 e. The number of pyridine rings is 1. The van der Waals surface area contributed by atoms with E-state index in [4.69, 9.17) is 4.74 Å². The molecule has 184 valence electrons. The zero-order chi connectivity index (χ0) is 24.1. The Morgan fingerprint density at radius 1 is 1.18 bits per heavy atom. The summed E-state index contributed by atoms with van der Waals surface area (Å²) in [4.78, 5) is 34.1. The molecule has 0 unspecified atom stereocenters. The first-order valence-corrected chi connectivity index (χ1v) is 11.3.